The van der Waals surface area contributed by atoms with Crippen molar-refractivity contribution in [1.29, 1.82) is 0 Å². The van der Waals surface area contributed by atoms with Crippen LogP contribution in [0.5, 0.6) is 0 Å². The van der Waals surface area contributed by atoms with Gasteiger partial charge in [-0.15, -0.1) is 0 Å². The van der Waals surface area contributed by atoms with Crippen molar-refractivity contribution in [1.82, 2.24) is 4.90 Å². The number of likely N-dealkylation sites (tertiary alicyclic amines) is 1. The number of allylic oxidation sites excluding steroid dienone is 2. The number of nitrogens with zero attached hydrogens (tertiary/aromatic N) is 1. The number of amides is 2. The van der Waals surface area contributed by atoms with E-state index in [9.17, 15) is 9.59 Å². The van der Waals surface area contributed by atoms with Gasteiger partial charge in [-0.3, -0.25) is 10.1 Å². The van der Waals surface area contributed by atoms with E-state index >= 15 is 0 Å². The van der Waals surface area contributed by atoms with Crippen LogP contribution in [0.4, 0.5) is 10.5 Å². The highest BCUT2D eigenvalue weighted by molar-refractivity contribution is 5.86. The van der Waals surface area contributed by atoms with Crippen LogP contribution in [0.15, 0.2) is 30.3 Å². The van der Waals surface area contributed by atoms with Crippen molar-refractivity contribution >= 4 is 23.3 Å². The van der Waals surface area contributed by atoms with Gasteiger partial charge >= 0.3 is 6.09 Å². The molecule has 0 aromatic heterocycles. The Bertz CT molecular complexity index is 1020. The molecule has 1 aromatic rings. The van der Waals surface area contributed by atoms with Crippen molar-refractivity contribution < 1.29 is 14.3 Å². The lowest BCUT2D eigenvalue weighted by Crippen LogP contribution is -2.63. The van der Waals surface area contributed by atoms with Crippen LogP contribution in [0.2, 0.25) is 0 Å². The van der Waals surface area contributed by atoms with Gasteiger partial charge in [0.2, 0.25) is 5.91 Å². The fourth-order valence-corrected chi connectivity index (χ4v) is 8.53. The smallest absolute Gasteiger partial charge is 0.411 e. The van der Waals surface area contributed by atoms with Gasteiger partial charge < -0.3 is 9.64 Å². The largest absolute Gasteiger partial charge is 0.450 e. The number of hydrogen-bond donors (Lipinski definition) is 1. The lowest BCUT2D eigenvalue weighted by Gasteiger charge is -2.63. The maximum atomic E-state index is 12.5. The number of anilines is 1. The fraction of sp³-hybridized carbons (Fsp3) is 0.655. The molecule has 2 saturated carbocycles. The summed E-state index contributed by atoms with van der Waals surface area (Å²) in [5, 5.41) is 2.87. The van der Waals surface area contributed by atoms with Crippen LogP contribution in [0.1, 0.15) is 71.8 Å². The van der Waals surface area contributed by atoms with Crippen LogP contribution in [-0.2, 0) is 9.53 Å². The lowest BCUT2D eigenvalue weighted by atomic mass is 9.44. The minimum absolute atomic E-state index is 0.150. The van der Waals surface area contributed by atoms with Crippen LogP contribution in [0, 0.1) is 34.5 Å². The maximum absolute atomic E-state index is 12.5. The van der Waals surface area contributed by atoms with Crippen molar-refractivity contribution in [3.05, 3.63) is 35.9 Å². The van der Waals surface area contributed by atoms with Gasteiger partial charge in [0, 0.05) is 25.2 Å². The van der Waals surface area contributed by atoms with E-state index in [-0.39, 0.29) is 10.8 Å². The summed E-state index contributed by atoms with van der Waals surface area (Å²) in [6.45, 7) is 9.59. The molecule has 1 heterocycles. The summed E-state index contributed by atoms with van der Waals surface area (Å²) < 4.78 is 5.07. The van der Waals surface area contributed by atoms with Gasteiger partial charge in [0.05, 0.1) is 6.61 Å². The summed E-state index contributed by atoms with van der Waals surface area (Å²) in [4.78, 5) is 26.5. The molecular weight excluding hydrogens is 424 g/mol. The average Bonchev–Trinajstić information content (AvgIpc) is 3.15. The molecule has 1 aliphatic heterocycles. The second-order valence-corrected chi connectivity index (χ2v) is 11.8. The highest BCUT2D eigenvalue weighted by Crippen LogP contribution is 2.67. The molecule has 0 unspecified atom stereocenters. The van der Waals surface area contributed by atoms with Crippen molar-refractivity contribution in [3.8, 4) is 0 Å². The molecule has 5 nitrogen and oxygen atoms in total. The molecule has 1 saturated heterocycles. The van der Waals surface area contributed by atoms with E-state index in [1.54, 1.807) is 0 Å². The SMILES string of the molecule is CCOC(=O)Nc1cccc(C2=CC[C@H]3[C@@H]4[C@@H](C)C[C@H]5N(C)C(=O)CC[C@]5(C)[C@H]4CC[C@]23C)c1. The van der Waals surface area contributed by atoms with Crippen molar-refractivity contribution in [3.63, 3.8) is 0 Å². The van der Waals surface area contributed by atoms with Gasteiger partial charge in [-0.1, -0.05) is 39.0 Å². The molecule has 2 amide bonds. The van der Waals surface area contributed by atoms with Gasteiger partial charge in [-0.05, 0) is 96.8 Å². The summed E-state index contributed by atoms with van der Waals surface area (Å²) in [7, 11) is 2.04. The standard InChI is InChI=1S/C29H40N2O3/c1-6-34-27(33)30-20-9-7-8-19(17-20)21-10-11-22-26-18(2)16-24-29(4,15-13-25(32)31(24)5)23(26)12-14-28(21,22)3/h7-10,17-18,22-24,26H,6,11-16H2,1-5H3,(H,30,33)/t18-,22-,23-,24+,26-,28+,29+/m0/s1. The van der Waals surface area contributed by atoms with E-state index in [0.717, 1.165) is 24.9 Å². The number of rotatable bonds is 3. The summed E-state index contributed by atoms with van der Waals surface area (Å²) in [6, 6.07) is 8.63. The van der Waals surface area contributed by atoms with Gasteiger partial charge in [0.1, 0.15) is 0 Å². The van der Waals surface area contributed by atoms with Crippen LogP contribution in [-0.4, -0.2) is 36.6 Å². The zero-order chi connectivity index (χ0) is 24.3. The summed E-state index contributed by atoms with van der Waals surface area (Å²) >= 11 is 0. The van der Waals surface area contributed by atoms with Gasteiger partial charge in [-0.25, -0.2) is 4.79 Å². The Kier molecular flexibility index (Phi) is 5.81. The van der Waals surface area contributed by atoms with Crippen LogP contribution >= 0.6 is 0 Å². The minimum Gasteiger partial charge on any atom is -0.450 e. The van der Waals surface area contributed by atoms with Crippen molar-refractivity contribution in [2.75, 3.05) is 19.0 Å². The molecule has 5 rings (SSSR count). The number of fused-ring (bicyclic) bond motifs is 5. The molecular formula is C29H40N2O3. The Balaban J connectivity index is 1.41. The van der Waals surface area contributed by atoms with Crippen molar-refractivity contribution in [2.24, 2.45) is 34.5 Å². The Morgan fingerprint density at radius 2 is 2.03 bits per heavy atom. The predicted molar refractivity (Wildman–Crippen MR) is 135 cm³/mol. The van der Waals surface area contributed by atoms with E-state index in [1.807, 2.05) is 26.1 Å². The number of ether oxygens (including phenoxy) is 1. The van der Waals surface area contributed by atoms with Crippen LogP contribution < -0.4 is 5.32 Å². The Morgan fingerprint density at radius 1 is 1.24 bits per heavy atom. The molecule has 3 aliphatic carbocycles. The first kappa shape index (κ1) is 23.4. The average molecular weight is 465 g/mol. The molecule has 0 bridgehead atoms. The van der Waals surface area contributed by atoms with E-state index in [2.05, 4.69) is 49.2 Å². The molecule has 184 valence electrons. The Hall–Kier alpha value is -2.30. The summed E-state index contributed by atoms with van der Waals surface area (Å²) in [5.41, 5.74) is 3.83. The molecule has 1 N–H and O–H groups in total. The zero-order valence-corrected chi connectivity index (χ0v) is 21.4. The van der Waals surface area contributed by atoms with Crippen LogP contribution in [0.25, 0.3) is 5.57 Å². The number of benzene rings is 1. The Morgan fingerprint density at radius 3 is 2.79 bits per heavy atom. The molecule has 0 spiro atoms. The van der Waals surface area contributed by atoms with Gasteiger partial charge in [0.25, 0.3) is 0 Å². The number of nitrogens with one attached hydrogen (secondary N) is 1. The molecule has 34 heavy (non-hydrogen) atoms. The first-order valence-corrected chi connectivity index (χ1v) is 13.2. The van der Waals surface area contributed by atoms with E-state index in [1.165, 1.54) is 24.0 Å². The highest BCUT2D eigenvalue weighted by atomic mass is 16.5. The summed E-state index contributed by atoms with van der Waals surface area (Å²) in [5.74, 6) is 2.95. The highest BCUT2D eigenvalue weighted by Gasteiger charge is 2.61. The quantitative estimate of drug-likeness (QED) is 0.566. The normalized spacial score (nSPS) is 39.0. The minimum atomic E-state index is -0.403. The lowest BCUT2D eigenvalue weighted by molar-refractivity contribution is -0.162. The predicted octanol–water partition coefficient (Wildman–Crippen LogP) is 6.36. The molecule has 3 fully saturated rings. The molecule has 4 aliphatic rings. The van der Waals surface area contributed by atoms with E-state index in [0.29, 0.717) is 48.6 Å². The van der Waals surface area contributed by atoms with E-state index in [4.69, 9.17) is 4.74 Å². The van der Waals surface area contributed by atoms with Gasteiger partial charge in [-0.2, -0.15) is 0 Å². The molecule has 0 radical (unpaired) electrons. The number of carbonyl (C=O) groups is 2. The maximum Gasteiger partial charge on any atom is 0.411 e. The second kappa shape index (κ2) is 8.42. The number of carbonyl (C=O) groups excluding carboxylic acids is 2. The molecule has 5 heteroatoms. The van der Waals surface area contributed by atoms with Crippen LogP contribution in [0.3, 0.4) is 0 Å². The molecule has 7 atom stereocenters. The summed E-state index contributed by atoms with van der Waals surface area (Å²) in [6.07, 6.45) is 8.49. The first-order valence-electron chi connectivity index (χ1n) is 13.2. The first-order chi connectivity index (χ1) is 16.2. The number of piperidine rings is 1. The monoisotopic (exact) mass is 464 g/mol. The van der Waals surface area contributed by atoms with Gasteiger partial charge in [0.15, 0.2) is 0 Å². The fourth-order valence-electron chi connectivity index (χ4n) is 8.53. The third-order valence-electron chi connectivity index (χ3n) is 10.2. The molecule has 1 aromatic carbocycles. The third-order valence-corrected chi connectivity index (χ3v) is 10.2. The topological polar surface area (TPSA) is 58.6 Å². The van der Waals surface area contributed by atoms with Crippen molar-refractivity contribution in [2.45, 2.75) is 72.3 Å². The number of hydrogen-bond acceptors (Lipinski definition) is 3. The van der Waals surface area contributed by atoms with E-state index < -0.39 is 6.09 Å². The Labute approximate surface area is 204 Å². The second-order valence-electron chi connectivity index (χ2n) is 11.8. The zero-order valence-electron chi connectivity index (χ0n) is 21.4. The third kappa shape index (κ3) is 3.49.